The number of carbonyl (C=O) groups excluding carboxylic acids is 1. The summed E-state index contributed by atoms with van der Waals surface area (Å²) in [5.41, 5.74) is 1.15. The van der Waals surface area contributed by atoms with Crippen LogP contribution in [0, 0.1) is 16.7 Å². The van der Waals surface area contributed by atoms with E-state index in [2.05, 4.69) is 6.07 Å². The molecule has 0 spiro atoms. The molecular weight excluding hydrogens is 252 g/mol. The minimum Gasteiger partial charge on any atom is -0.272 e. The molecule has 1 aliphatic heterocycles. The molecule has 2 atom stereocenters. The molecule has 4 nitrogen and oxygen atoms in total. The summed E-state index contributed by atoms with van der Waals surface area (Å²) in [5, 5.41) is 10.3. The van der Waals surface area contributed by atoms with Gasteiger partial charge in [-0.1, -0.05) is 32.9 Å². The van der Waals surface area contributed by atoms with Gasteiger partial charge in [-0.05, 0) is 24.6 Å². The number of benzene rings is 1. The average molecular weight is 272 g/mol. The van der Waals surface area contributed by atoms with Crippen molar-refractivity contribution >= 4 is 5.91 Å². The number of rotatable bonds is 1. The van der Waals surface area contributed by atoms with Crippen molar-refractivity contribution in [2.24, 2.45) is 5.41 Å². The molecule has 20 heavy (non-hydrogen) atoms. The van der Waals surface area contributed by atoms with E-state index in [1.807, 2.05) is 39.8 Å². The molecule has 1 aliphatic rings. The van der Waals surface area contributed by atoms with Crippen molar-refractivity contribution in [1.82, 2.24) is 5.06 Å². The fourth-order valence-corrected chi connectivity index (χ4v) is 2.29. The van der Waals surface area contributed by atoms with Crippen LogP contribution in [-0.4, -0.2) is 17.1 Å². The van der Waals surface area contributed by atoms with Crippen LogP contribution in [-0.2, 0) is 9.63 Å². The first-order chi connectivity index (χ1) is 9.32. The van der Waals surface area contributed by atoms with E-state index in [4.69, 9.17) is 10.1 Å². The van der Waals surface area contributed by atoms with Crippen LogP contribution in [0.4, 0.5) is 0 Å². The van der Waals surface area contributed by atoms with E-state index < -0.39 is 5.41 Å². The predicted octanol–water partition coefficient (Wildman–Crippen LogP) is 3.20. The molecule has 0 unspecified atom stereocenters. The number of carbonyl (C=O) groups is 1. The van der Waals surface area contributed by atoms with Gasteiger partial charge in [0.2, 0.25) is 0 Å². The summed E-state index contributed by atoms with van der Waals surface area (Å²) in [6.45, 7) is 7.62. The molecule has 0 aliphatic carbocycles. The lowest BCUT2D eigenvalue weighted by Gasteiger charge is -2.29. The molecule has 0 N–H and O–H groups in total. The highest BCUT2D eigenvalue weighted by atomic mass is 16.7. The van der Waals surface area contributed by atoms with Gasteiger partial charge in [0.15, 0.2) is 0 Å². The Hall–Kier alpha value is -1.86. The van der Waals surface area contributed by atoms with Crippen molar-refractivity contribution in [3.05, 3.63) is 35.4 Å². The lowest BCUT2D eigenvalue weighted by Crippen LogP contribution is -2.38. The highest BCUT2D eigenvalue weighted by molar-refractivity contribution is 5.81. The first-order valence-corrected chi connectivity index (χ1v) is 6.83. The Balaban J connectivity index is 2.28. The topological polar surface area (TPSA) is 53.3 Å². The van der Waals surface area contributed by atoms with Gasteiger partial charge < -0.3 is 0 Å². The van der Waals surface area contributed by atoms with Crippen LogP contribution in [0.25, 0.3) is 0 Å². The van der Waals surface area contributed by atoms with Crippen LogP contribution >= 0.6 is 0 Å². The molecule has 0 radical (unpaired) electrons. The number of amides is 1. The van der Waals surface area contributed by atoms with E-state index in [1.165, 1.54) is 5.06 Å². The number of nitrogens with zero attached hydrogens (tertiary/aromatic N) is 2. The molecule has 2 rings (SSSR count). The fraction of sp³-hybridized carbons (Fsp3) is 0.500. The number of hydroxylamine groups is 2. The molecule has 1 saturated heterocycles. The van der Waals surface area contributed by atoms with Gasteiger partial charge in [-0.2, -0.15) is 5.26 Å². The van der Waals surface area contributed by atoms with Gasteiger partial charge in [-0.25, -0.2) is 5.06 Å². The number of hydrogen-bond donors (Lipinski definition) is 0. The van der Waals surface area contributed by atoms with Gasteiger partial charge >= 0.3 is 0 Å². The summed E-state index contributed by atoms with van der Waals surface area (Å²) in [4.78, 5) is 18.2. The molecule has 4 heteroatoms. The Kier molecular flexibility index (Phi) is 3.82. The Bertz CT molecular complexity index is 537. The summed E-state index contributed by atoms with van der Waals surface area (Å²) in [6.07, 6.45) is 0.787. The Morgan fingerprint density at radius 3 is 2.45 bits per heavy atom. The molecule has 1 aromatic carbocycles. The third kappa shape index (κ3) is 2.83. The Morgan fingerprint density at radius 2 is 1.95 bits per heavy atom. The van der Waals surface area contributed by atoms with Gasteiger partial charge in [-0.15, -0.1) is 0 Å². The largest absolute Gasteiger partial charge is 0.272 e. The Morgan fingerprint density at radius 1 is 1.35 bits per heavy atom. The maximum Gasteiger partial charge on any atom is 0.252 e. The molecule has 1 heterocycles. The highest BCUT2D eigenvalue weighted by Gasteiger charge is 2.40. The lowest BCUT2D eigenvalue weighted by atomic mass is 9.93. The monoisotopic (exact) mass is 272 g/mol. The van der Waals surface area contributed by atoms with Crippen molar-refractivity contribution < 1.29 is 9.63 Å². The van der Waals surface area contributed by atoms with Gasteiger partial charge in [0, 0.05) is 11.8 Å². The normalized spacial score (nSPS) is 22.6. The Labute approximate surface area is 119 Å². The number of hydrogen-bond acceptors (Lipinski definition) is 3. The number of nitriles is 1. The van der Waals surface area contributed by atoms with Gasteiger partial charge in [0.05, 0.1) is 23.8 Å². The van der Waals surface area contributed by atoms with Crippen molar-refractivity contribution in [3.63, 3.8) is 0 Å². The SMILES string of the molecule is C[C@@H]1C[C@@H](c2ccc(C#N)cc2)N(C(=O)C(C)(C)C)O1. The summed E-state index contributed by atoms with van der Waals surface area (Å²) in [5.74, 6) is -0.0174. The fourth-order valence-electron chi connectivity index (χ4n) is 2.29. The summed E-state index contributed by atoms with van der Waals surface area (Å²) >= 11 is 0. The average Bonchev–Trinajstić information content (AvgIpc) is 2.79. The quantitative estimate of drug-likeness (QED) is 0.789. The van der Waals surface area contributed by atoms with E-state index in [9.17, 15) is 4.79 Å². The van der Waals surface area contributed by atoms with Crippen LogP contribution in [0.3, 0.4) is 0 Å². The highest BCUT2D eigenvalue weighted by Crippen LogP contribution is 2.37. The molecule has 1 amide bonds. The molecule has 0 aromatic heterocycles. The maximum absolute atomic E-state index is 12.5. The van der Waals surface area contributed by atoms with Crippen LogP contribution in [0.1, 0.15) is 51.3 Å². The minimum absolute atomic E-state index is 0.0157. The van der Waals surface area contributed by atoms with Crippen molar-refractivity contribution in [2.75, 3.05) is 0 Å². The molecular formula is C16H20N2O2. The standard InChI is InChI=1S/C16H20N2O2/c1-11-9-14(13-7-5-12(10-17)6-8-13)18(20-11)15(19)16(2,3)4/h5-8,11,14H,9H2,1-4H3/t11-,14+/m1/s1. The zero-order valence-corrected chi connectivity index (χ0v) is 12.4. The third-order valence-electron chi connectivity index (χ3n) is 3.40. The van der Waals surface area contributed by atoms with Gasteiger partial charge in [0.1, 0.15) is 0 Å². The minimum atomic E-state index is -0.477. The third-order valence-corrected chi connectivity index (χ3v) is 3.40. The second-order valence-electron chi connectivity index (χ2n) is 6.28. The van der Waals surface area contributed by atoms with E-state index in [-0.39, 0.29) is 18.1 Å². The van der Waals surface area contributed by atoms with Gasteiger partial charge in [-0.3, -0.25) is 9.63 Å². The summed E-state index contributed by atoms with van der Waals surface area (Å²) in [6, 6.07) is 9.37. The molecule has 106 valence electrons. The molecule has 0 saturated carbocycles. The first kappa shape index (κ1) is 14.5. The zero-order chi connectivity index (χ0) is 14.9. The summed E-state index contributed by atoms with van der Waals surface area (Å²) < 4.78 is 0. The lowest BCUT2D eigenvalue weighted by molar-refractivity contribution is -0.195. The van der Waals surface area contributed by atoms with Crippen LogP contribution < -0.4 is 0 Å². The molecule has 1 aromatic rings. The van der Waals surface area contributed by atoms with Crippen LogP contribution in [0.5, 0.6) is 0 Å². The van der Waals surface area contributed by atoms with E-state index in [1.54, 1.807) is 12.1 Å². The predicted molar refractivity (Wildman–Crippen MR) is 75.4 cm³/mol. The zero-order valence-electron chi connectivity index (χ0n) is 12.4. The molecule has 1 fully saturated rings. The summed E-state index contributed by atoms with van der Waals surface area (Å²) in [7, 11) is 0. The van der Waals surface area contributed by atoms with Crippen LogP contribution in [0.2, 0.25) is 0 Å². The van der Waals surface area contributed by atoms with E-state index >= 15 is 0 Å². The van der Waals surface area contributed by atoms with E-state index in [0.717, 1.165) is 12.0 Å². The maximum atomic E-state index is 12.5. The van der Waals surface area contributed by atoms with Crippen molar-refractivity contribution in [2.45, 2.75) is 46.3 Å². The van der Waals surface area contributed by atoms with Crippen molar-refractivity contribution in [3.8, 4) is 6.07 Å². The van der Waals surface area contributed by atoms with Crippen LogP contribution in [0.15, 0.2) is 24.3 Å². The molecule has 0 bridgehead atoms. The van der Waals surface area contributed by atoms with Gasteiger partial charge in [0.25, 0.3) is 5.91 Å². The van der Waals surface area contributed by atoms with E-state index in [0.29, 0.717) is 5.56 Å². The smallest absolute Gasteiger partial charge is 0.252 e. The second kappa shape index (κ2) is 5.26. The first-order valence-electron chi connectivity index (χ1n) is 6.83. The van der Waals surface area contributed by atoms with Crippen molar-refractivity contribution in [1.29, 1.82) is 5.26 Å². The second-order valence-corrected chi connectivity index (χ2v) is 6.28.